The van der Waals surface area contributed by atoms with E-state index in [1.807, 2.05) is 0 Å². The molecule has 0 spiro atoms. The number of hydrogen-bond acceptors (Lipinski definition) is 3. The molecule has 4 aliphatic rings. The number of carboxylic acids is 1. The molecular formula is C12H19NO3. The van der Waals surface area contributed by atoms with Crippen molar-refractivity contribution in [3.63, 3.8) is 0 Å². The predicted molar refractivity (Wildman–Crippen MR) is 58.0 cm³/mol. The third kappa shape index (κ3) is 1.64. The van der Waals surface area contributed by atoms with Crippen molar-refractivity contribution in [3.05, 3.63) is 0 Å². The summed E-state index contributed by atoms with van der Waals surface area (Å²) in [5.41, 5.74) is -0.590. The fraction of sp³-hybridized carbons (Fsp3) is 0.917. The molecule has 4 aliphatic carbocycles. The smallest absolute Gasteiger partial charge is 0.317 e. The minimum atomic E-state index is -0.803. The molecule has 4 saturated carbocycles. The van der Waals surface area contributed by atoms with Gasteiger partial charge >= 0.3 is 5.97 Å². The van der Waals surface area contributed by atoms with Crippen LogP contribution in [0.5, 0.6) is 0 Å². The van der Waals surface area contributed by atoms with E-state index in [0.717, 1.165) is 32.1 Å². The number of aliphatic carboxylic acids is 1. The summed E-state index contributed by atoms with van der Waals surface area (Å²) in [6.45, 7) is 0.0233. The van der Waals surface area contributed by atoms with Crippen molar-refractivity contribution in [1.29, 1.82) is 0 Å². The van der Waals surface area contributed by atoms with Gasteiger partial charge in [-0.2, -0.15) is 0 Å². The molecule has 4 rings (SSSR count). The summed E-state index contributed by atoms with van der Waals surface area (Å²) in [6, 6.07) is 0. The lowest BCUT2D eigenvalue weighted by atomic mass is 9.51. The average molecular weight is 225 g/mol. The van der Waals surface area contributed by atoms with Gasteiger partial charge in [0, 0.05) is 5.54 Å². The Morgan fingerprint density at radius 3 is 2.38 bits per heavy atom. The Hall–Kier alpha value is -0.610. The maximum absolute atomic E-state index is 10.6. The molecule has 2 unspecified atom stereocenters. The number of aliphatic hydroxyl groups is 1. The van der Waals surface area contributed by atoms with Gasteiger partial charge in [-0.25, -0.2) is 0 Å². The minimum Gasteiger partial charge on any atom is -0.480 e. The Bertz CT molecular complexity index is 314. The van der Waals surface area contributed by atoms with Crippen LogP contribution in [0.25, 0.3) is 0 Å². The highest BCUT2D eigenvalue weighted by molar-refractivity contribution is 5.69. The zero-order valence-electron chi connectivity index (χ0n) is 9.41. The Kier molecular flexibility index (Phi) is 2.11. The maximum Gasteiger partial charge on any atom is 0.317 e. The van der Waals surface area contributed by atoms with E-state index in [4.69, 9.17) is 5.11 Å². The number of rotatable bonds is 3. The van der Waals surface area contributed by atoms with Gasteiger partial charge in [0.2, 0.25) is 0 Å². The topological polar surface area (TPSA) is 69.6 Å². The first-order chi connectivity index (χ1) is 7.49. The Balaban J connectivity index is 1.78. The van der Waals surface area contributed by atoms with E-state index in [9.17, 15) is 9.90 Å². The van der Waals surface area contributed by atoms with Crippen LogP contribution in [0.1, 0.15) is 38.5 Å². The molecule has 4 atom stereocenters. The van der Waals surface area contributed by atoms with Crippen molar-refractivity contribution >= 4 is 5.97 Å². The largest absolute Gasteiger partial charge is 0.480 e. The molecule has 0 aliphatic heterocycles. The van der Waals surface area contributed by atoms with Crippen LogP contribution in [0.3, 0.4) is 0 Å². The second kappa shape index (κ2) is 3.20. The predicted octanol–water partition coefficient (Wildman–Crippen LogP) is 0.744. The highest BCUT2D eigenvalue weighted by Gasteiger charge is 2.56. The Labute approximate surface area is 95.0 Å². The second-order valence-corrected chi connectivity index (χ2v) is 6.21. The molecule has 0 radical (unpaired) electrons. The fourth-order valence-corrected chi connectivity index (χ4v) is 4.68. The lowest BCUT2D eigenvalue weighted by molar-refractivity contribution is -0.149. The van der Waals surface area contributed by atoms with Gasteiger partial charge in [-0.05, 0) is 50.4 Å². The molecule has 0 heterocycles. The summed E-state index contributed by atoms with van der Waals surface area (Å²) < 4.78 is 0. The van der Waals surface area contributed by atoms with E-state index >= 15 is 0 Å². The zero-order chi connectivity index (χ0) is 11.4. The third-order valence-electron chi connectivity index (χ3n) is 4.64. The molecule has 4 bridgehead atoms. The molecule has 90 valence electrons. The molecule has 0 amide bonds. The van der Waals surface area contributed by atoms with E-state index < -0.39 is 11.6 Å². The van der Waals surface area contributed by atoms with E-state index in [2.05, 4.69) is 5.32 Å². The summed E-state index contributed by atoms with van der Waals surface area (Å²) in [5.74, 6) is 0.405. The lowest BCUT2D eigenvalue weighted by Crippen LogP contribution is -2.65. The maximum atomic E-state index is 10.6. The molecule has 16 heavy (non-hydrogen) atoms. The van der Waals surface area contributed by atoms with Gasteiger partial charge in [0.25, 0.3) is 0 Å². The molecule has 4 fully saturated rings. The van der Waals surface area contributed by atoms with Crippen LogP contribution < -0.4 is 5.32 Å². The van der Waals surface area contributed by atoms with Crippen LogP contribution >= 0.6 is 0 Å². The number of nitrogens with one attached hydrogen (secondary N) is 1. The van der Waals surface area contributed by atoms with Crippen LogP contribution in [0.4, 0.5) is 0 Å². The molecule has 0 aromatic rings. The van der Waals surface area contributed by atoms with Crippen LogP contribution in [0.2, 0.25) is 0 Å². The molecule has 3 N–H and O–H groups in total. The number of carboxylic acid groups (broad SMARTS) is 1. The van der Waals surface area contributed by atoms with Crippen LogP contribution in [-0.4, -0.2) is 33.9 Å². The van der Waals surface area contributed by atoms with Crippen LogP contribution in [0, 0.1) is 11.8 Å². The zero-order valence-corrected chi connectivity index (χ0v) is 9.41. The minimum absolute atomic E-state index is 0.0233. The number of carbonyl (C=O) groups is 1. The first-order valence-electron chi connectivity index (χ1n) is 6.18. The molecule has 0 aromatic carbocycles. The summed E-state index contributed by atoms with van der Waals surface area (Å²) in [4.78, 5) is 10.6. The van der Waals surface area contributed by atoms with E-state index in [1.165, 1.54) is 6.42 Å². The summed E-state index contributed by atoms with van der Waals surface area (Å²) in [7, 11) is 0. The quantitative estimate of drug-likeness (QED) is 0.662. The monoisotopic (exact) mass is 225 g/mol. The SMILES string of the molecule is O=C(O)CNC12C[C@@H]3C[C@@H](CC(O)(C3)C1)C2. The van der Waals surface area contributed by atoms with Crippen molar-refractivity contribution in [1.82, 2.24) is 5.32 Å². The van der Waals surface area contributed by atoms with Crippen molar-refractivity contribution in [2.24, 2.45) is 11.8 Å². The fourth-order valence-electron chi connectivity index (χ4n) is 4.68. The second-order valence-electron chi connectivity index (χ2n) is 6.21. The first-order valence-corrected chi connectivity index (χ1v) is 6.18. The van der Waals surface area contributed by atoms with Crippen molar-refractivity contribution in [2.45, 2.75) is 49.7 Å². The van der Waals surface area contributed by atoms with E-state index in [1.54, 1.807) is 0 Å². The molecular weight excluding hydrogens is 206 g/mol. The highest BCUT2D eigenvalue weighted by Crippen LogP contribution is 2.57. The lowest BCUT2D eigenvalue weighted by Gasteiger charge is -2.60. The van der Waals surface area contributed by atoms with Gasteiger partial charge < -0.3 is 15.5 Å². The van der Waals surface area contributed by atoms with Gasteiger partial charge in [-0.1, -0.05) is 0 Å². The highest BCUT2D eigenvalue weighted by atomic mass is 16.4. The summed E-state index contributed by atoms with van der Waals surface area (Å²) in [5, 5.41) is 22.4. The summed E-state index contributed by atoms with van der Waals surface area (Å²) in [6.07, 6.45) is 5.96. The first kappa shape index (κ1) is 10.5. The number of hydrogen-bond donors (Lipinski definition) is 3. The standard InChI is InChI=1S/C12H19NO3/c14-10(15)6-13-11-2-8-1-9(3-11)5-12(16,4-8)7-11/h8-9,13,16H,1-7H2,(H,14,15)/t8-,9+,11?,12?. The van der Waals surface area contributed by atoms with Gasteiger partial charge in [0.1, 0.15) is 0 Å². The molecule has 0 saturated heterocycles. The molecule has 0 aromatic heterocycles. The van der Waals surface area contributed by atoms with Crippen LogP contribution in [0.15, 0.2) is 0 Å². The van der Waals surface area contributed by atoms with E-state index in [-0.39, 0.29) is 12.1 Å². The normalized spacial score (nSPS) is 49.6. The van der Waals surface area contributed by atoms with E-state index in [0.29, 0.717) is 11.8 Å². The Morgan fingerprint density at radius 2 is 1.88 bits per heavy atom. The van der Waals surface area contributed by atoms with Gasteiger partial charge in [-0.3, -0.25) is 4.79 Å². The van der Waals surface area contributed by atoms with Crippen LogP contribution in [-0.2, 0) is 4.79 Å². The van der Waals surface area contributed by atoms with Crippen molar-refractivity contribution < 1.29 is 15.0 Å². The average Bonchev–Trinajstić information content (AvgIpc) is 2.10. The third-order valence-corrected chi connectivity index (χ3v) is 4.64. The van der Waals surface area contributed by atoms with Gasteiger partial charge in [0.05, 0.1) is 12.1 Å². The van der Waals surface area contributed by atoms with Crippen molar-refractivity contribution in [3.8, 4) is 0 Å². The van der Waals surface area contributed by atoms with Gasteiger partial charge in [-0.15, -0.1) is 0 Å². The summed E-state index contributed by atoms with van der Waals surface area (Å²) >= 11 is 0. The molecule has 4 nitrogen and oxygen atoms in total. The molecule has 4 heteroatoms. The van der Waals surface area contributed by atoms with Gasteiger partial charge in [0.15, 0.2) is 0 Å². The van der Waals surface area contributed by atoms with Crippen molar-refractivity contribution in [2.75, 3.05) is 6.54 Å². The Morgan fingerprint density at radius 1 is 1.25 bits per heavy atom.